The summed E-state index contributed by atoms with van der Waals surface area (Å²) in [5.74, 6) is -0.112. The molecule has 2 heterocycles. The van der Waals surface area contributed by atoms with Gasteiger partial charge in [-0.3, -0.25) is 9.78 Å². The topological polar surface area (TPSA) is 63.2 Å². The Bertz CT molecular complexity index is 431. The monoisotopic (exact) mass is 277 g/mol. The highest BCUT2D eigenvalue weighted by molar-refractivity contribution is 5.93. The average Bonchev–Trinajstić information content (AvgIpc) is 2.99. The van der Waals surface area contributed by atoms with Gasteiger partial charge in [-0.15, -0.1) is 0 Å². The largest absolute Gasteiger partial charge is 0.382 e. The van der Waals surface area contributed by atoms with Gasteiger partial charge in [-0.25, -0.2) is 0 Å². The predicted molar refractivity (Wildman–Crippen MR) is 78.9 cm³/mol. The SMILES string of the molecule is CCCCNC(=O)c1cc(NCC2CCCO2)ccn1. The lowest BCUT2D eigenvalue weighted by molar-refractivity contribution is 0.0948. The molecule has 1 fully saturated rings. The van der Waals surface area contributed by atoms with Crippen LogP contribution in [0.2, 0.25) is 0 Å². The summed E-state index contributed by atoms with van der Waals surface area (Å²) in [6.07, 6.45) is 6.23. The Balaban J connectivity index is 1.84. The molecule has 5 heteroatoms. The first kappa shape index (κ1) is 14.8. The second-order valence-corrected chi connectivity index (χ2v) is 5.06. The molecule has 2 N–H and O–H groups in total. The minimum Gasteiger partial charge on any atom is -0.382 e. The van der Waals surface area contributed by atoms with Crippen LogP contribution in [-0.2, 0) is 4.74 Å². The molecule has 0 aliphatic carbocycles. The summed E-state index contributed by atoms with van der Waals surface area (Å²) in [4.78, 5) is 16.0. The molecule has 1 saturated heterocycles. The van der Waals surface area contributed by atoms with Gasteiger partial charge in [-0.05, 0) is 31.4 Å². The third-order valence-electron chi connectivity index (χ3n) is 3.37. The van der Waals surface area contributed by atoms with Crippen LogP contribution in [-0.4, -0.2) is 36.7 Å². The molecule has 1 aromatic rings. The number of hydrogen-bond acceptors (Lipinski definition) is 4. The molecule has 110 valence electrons. The number of nitrogens with zero attached hydrogens (tertiary/aromatic N) is 1. The van der Waals surface area contributed by atoms with Crippen LogP contribution in [0.3, 0.4) is 0 Å². The summed E-state index contributed by atoms with van der Waals surface area (Å²) in [6, 6.07) is 3.66. The number of anilines is 1. The maximum atomic E-state index is 11.9. The number of aromatic nitrogens is 1. The third-order valence-corrected chi connectivity index (χ3v) is 3.37. The third kappa shape index (κ3) is 4.49. The summed E-state index contributed by atoms with van der Waals surface area (Å²) in [5.41, 5.74) is 1.37. The zero-order chi connectivity index (χ0) is 14.2. The van der Waals surface area contributed by atoms with Gasteiger partial charge < -0.3 is 15.4 Å². The number of carbonyl (C=O) groups is 1. The van der Waals surface area contributed by atoms with E-state index < -0.39 is 0 Å². The van der Waals surface area contributed by atoms with Crippen molar-refractivity contribution in [3.63, 3.8) is 0 Å². The Morgan fingerprint density at radius 1 is 1.55 bits per heavy atom. The number of ether oxygens (including phenoxy) is 1. The quantitative estimate of drug-likeness (QED) is 0.750. The first-order chi connectivity index (χ1) is 9.79. The fourth-order valence-electron chi connectivity index (χ4n) is 2.17. The fraction of sp³-hybridized carbons (Fsp3) is 0.600. The van der Waals surface area contributed by atoms with Crippen molar-refractivity contribution in [1.29, 1.82) is 0 Å². The smallest absolute Gasteiger partial charge is 0.269 e. The Kier molecular flexibility index (Phi) is 5.80. The normalized spacial score (nSPS) is 17.9. The van der Waals surface area contributed by atoms with Crippen molar-refractivity contribution in [3.05, 3.63) is 24.0 Å². The molecule has 0 spiro atoms. The van der Waals surface area contributed by atoms with Gasteiger partial charge >= 0.3 is 0 Å². The number of amides is 1. The number of rotatable bonds is 7. The molecule has 5 nitrogen and oxygen atoms in total. The Labute approximate surface area is 120 Å². The van der Waals surface area contributed by atoms with Crippen LogP contribution in [0.4, 0.5) is 5.69 Å². The Hall–Kier alpha value is -1.62. The molecule has 0 bridgehead atoms. The van der Waals surface area contributed by atoms with Crippen molar-refractivity contribution < 1.29 is 9.53 Å². The van der Waals surface area contributed by atoms with E-state index in [4.69, 9.17) is 4.74 Å². The molecule has 1 unspecified atom stereocenters. The van der Waals surface area contributed by atoms with Crippen LogP contribution in [0.15, 0.2) is 18.3 Å². The van der Waals surface area contributed by atoms with Crippen LogP contribution in [0.5, 0.6) is 0 Å². The van der Waals surface area contributed by atoms with E-state index in [1.54, 1.807) is 12.3 Å². The molecule has 1 amide bonds. The number of hydrogen-bond donors (Lipinski definition) is 2. The van der Waals surface area contributed by atoms with Crippen LogP contribution < -0.4 is 10.6 Å². The van der Waals surface area contributed by atoms with Gasteiger partial charge in [-0.1, -0.05) is 13.3 Å². The van der Waals surface area contributed by atoms with Crippen molar-refractivity contribution in [2.45, 2.75) is 38.7 Å². The Morgan fingerprint density at radius 3 is 3.20 bits per heavy atom. The first-order valence-corrected chi connectivity index (χ1v) is 7.39. The number of carbonyl (C=O) groups excluding carboxylic acids is 1. The van der Waals surface area contributed by atoms with Crippen molar-refractivity contribution in [3.8, 4) is 0 Å². The van der Waals surface area contributed by atoms with Crippen LogP contribution >= 0.6 is 0 Å². The maximum Gasteiger partial charge on any atom is 0.269 e. The highest BCUT2D eigenvalue weighted by Gasteiger charge is 2.15. The average molecular weight is 277 g/mol. The van der Waals surface area contributed by atoms with Crippen LogP contribution in [0.1, 0.15) is 43.1 Å². The highest BCUT2D eigenvalue weighted by atomic mass is 16.5. The van der Waals surface area contributed by atoms with E-state index in [0.29, 0.717) is 12.2 Å². The molecule has 1 atom stereocenters. The molecule has 2 rings (SSSR count). The van der Waals surface area contributed by atoms with E-state index in [2.05, 4.69) is 22.5 Å². The zero-order valence-corrected chi connectivity index (χ0v) is 12.0. The van der Waals surface area contributed by atoms with E-state index in [1.165, 1.54) is 0 Å². The highest BCUT2D eigenvalue weighted by Crippen LogP contribution is 2.14. The van der Waals surface area contributed by atoms with Gasteiger partial charge in [0.05, 0.1) is 6.10 Å². The van der Waals surface area contributed by atoms with Gasteiger partial charge in [0.15, 0.2) is 0 Å². The lowest BCUT2D eigenvalue weighted by Crippen LogP contribution is -2.25. The zero-order valence-electron chi connectivity index (χ0n) is 12.0. The van der Waals surface area contributed by atoms with Crippen molar-refractivity contribution in [1.82, 2.24) is 10.3 Å². The molecular weight excluding hydrogens is 254 g/mol. The van der Waals surface area contributed by atoms with Crippen molar-refractivity contribution in [2.75, 3.05) is 25.0 Å². The van der Waals surface area contributed by atoms with Crippen LogP contribution in [0, 0.1) is 0 Å². The van der Waals surface area contributed by atoms with Gasteiger partial charge in [0.2, 0.25) is 0 Å². The molecule has 1 aliphatic rings. The molecule has 0 radical (unpaired) electrons. The molecule has 0 aromatic carbocycles. The van der Waals surface area contributed by atoms with Gasteiger partial charge in [0.25, 0.3) is 5.91 Å². The molecule has 1 aromatic heterocycles. The predicted octanol–water partition coefficient (Wildman–Crippen LogP) is 2.20. The summed E-state index contributed by atoms with van der Waals surface area (Å²) < 4.78 is 5.56. The Morgan fingerprint density at radius 2 is 2.45 bits per heavy atom. The standard InChI is InChI=1S/C15H23N3O2/c1-2-3-7-17-15(19)14-10-12(6-8-16-14)18-11-13-5-4-9-20-13/h6,8,10,13H,2-5,7,9,11H2,1H3,(H,16,18)(H,17,19). The fourth-order valence-corrected chi connectivity index (χ4v) is 2.17. The first-order valence-electron chi connectivity index (χ1n) is 7.39. The summed E-state index contributed by atoms with van der Waals surface area (Å²) in [5, 5.41) is 6.17. The molecule has 0 saturated carbocycles. The molecular formula is C15H23N3O2. The second-order valence-electron chi connectivity index (χ2n) is 5.06. The minimum absolute atomic E-state index is 0.112. The second kappa shape index (κ2) is 7.85. The van der Waals surface area contributed by atoms with Crippen molar-refractivity contribution >= 4 is 11.6 Å². The number of pyridine rings is 1. The van der Waals surface area contributed by atoms with Crippen LogP contribution in [0.25, 0.3) is 0 Å². The maximum absolute atomic E-state index is 11.9. The van der Waals surface area contributed by atoms with E-state index in [1.807, 2.05) is 6.07 Å². The molecule has 20 heavy (non-hydrogen) atoms. The van der Waals surface area contributed by atoms with E-state index in [9.17, 15) is 4.79 Å². The summed E-state index contributed by atoms with van der Waals surface area (Å²) in [7, 11) is 0. The summed E-state index contributed by atoms with van der Waals surface area (Å²) in [6.45, 7) is 4.43. The van der Waals surface area contributed by atoms with Gasteiger partial charge in [0.1, 0.15) is 5.69 Å². The molecule has 1 aliphatic heterocycles. The minimum atomic E-state index is -0.112. The lowest BCUT2D eigenvalue weighted by Gasteiger charge is -2.12. The van der Waals surface area contributed by atoms with Crippen molar-refractivity contribution in [2.24, 2.45) is 0 Å². The summed E-state index contributed by atoms with van der Waals surface area (Å²) >= 11 is 0. The number of nitrogens with one attached hydrogen (secondary N) is 2. The van der Waals surface area contributed by atoms with Gasteiger partial charge in [-0.2, -0.15) is 0 Å². The number of unbranched alkanes of at least 4 members (excludes halogenated alkanes) is 1. The lowest BCUT2D eigenvalue weighted by atomic mass is 10.2. The van der Waals surface area contributed by atoms with E-state index >= 15 is 0 Å². The van der Waals surface area contributed by atoms with Gasteiger partial charge in [0, 0.05) is 31.6 Å². The van der Waals surface area contributed by atoms with E-state index in [0.717, 1.165) is 44.5 Å². The van der Waals surface area contributed by atoms with E-state index in [-0.39, 0.29) is 12.0 Å².